The third kappa shape index (κ3) is 2.08. The minimum absolute atomic E-state index is 0.0818. The Labute approximate surface area is 112 Å². The van der Waals surface area contributed by atoms with Gasteiger partial charge >= 0.3 is 0 Å². The maximum absolute atomic E-state index is 5.92. The average Bonchev–Trinajstić information content (AvgIpc) is 2.82. The highest BCUT2D eigenvalue weighted by Crippen LogP contribution is 2.35. The normalized spacial score (nSPS) is 17.1. The van der Waals surface area contributed by atoms with Crippen LogP contribution in [0.1, 0.15) is 34.4 Å². The minimum Gasteiger partial charge on any atom is -0.482 e. The Hall–Kier alpha value is -1.94. The van der Waals surface area contributed by atoms with Gasteiger partial charge in [0.15, 0.2) is 11.9 Å². The molecular weight excluding hydrogens is 238 g/mol. The summed E-state index contributed by atoms with van der Waals surface area (Å²) < 4.78 is 5.92. The number of para-hydroxylation sites is 1. The van der Waals surface area contributed by atoms with Crippen LogP contribution in [0.25, 0.3) is 0 Å². The molecule has 0 radical (unpaired) electrons. The second kappa shape index (κ2) is 4.63. The van der Waals surface area contributed by atoms with E-state index in [1.54, 1.807) is 0 Å². The van der Waals surface area contributed by atoms with Gasteiger partial charge in [-0.15, -0.1) is 0 Å². The monoisotopic (exact) mass is 255 g/mol. The third-order valence-corrected chi connectivity index (χ3v) is 3.58. The molecule has 1 aliphatic rings. The fraction of sp³-hybridized carbons (Fsp3) is 0.333. The van der Waals surface area contributed by atoms with E-state index in [2.05, 4.69) is 16.0 Å². The van der Waals surface area contributed by atoms with Crippen LogP contribution >= 0.6 is 0 Å². The van der Waals surface area contributed by atoms with Gasteiger partial charge in [0.2, 0.25) is 0 Å². The molecule has 0 amide bonds. The number of ether oxygens (including phenoxy) is 1. The molecule has 0 saturated carbocycles. The topological polar surface area (TPSA) is 61.0 Å². The molecule has 1 aromatic heterocycles. The van der Waals surface area contributed by atoms with Gasteiger partial charge in [-0.05, 0) is 25.5 Å². The second-order valence-corrected chi connectivity index (χ2v) is 4.85. The molecule has 0 bridgehead atoms. The first-order valence-corrected chi connectivity index (χ1v) is 6.47. The quantitative estimate of drug-likeness (QED) is 0.894. The average molecular weight is 255 g/mol. The molecule has 0 spiro atoms. The third-order valence-electron chi connectivity index (χ3n) is 3.58. The molecule has 1 atom stereocenters. The predicted molar refractivity (Wildman–Crippen MR) is 72.9 cm³/mol. The van der Waals surface area contributed by atoms with Crippen molar-refractivity contribution in [2.45, 2.75) is 32.9 Å². The van der Waals surface area contributed by atoms with Crippen LogP contribution in [0.3, 0.4) is 0 Å². The number of rotatable bonds is 2. The van der Waals surface area contributed by atoms with Gasteiger partial charge in [0.25, 0.3) is 0 Å². The van der Waals surface area contributed by atoms with Crippen molar-refractivity contribution in [1.82, 2.24) is 9.97 Å². The molecule has 0 fully saturated rings. The molecule has 2 aromatic rings. The standard InChI is InChI=1S/C15H17N3O/c1-9-12(8-16)10(2)18-15(17-9)14-7-11-5-3-4-6-13(11)19-14/h3-6,14H,7-8,16H2,1-2H3. The molecule has 1 unspecified atom stereocenters. The number of benzene rings is 1. The van der Waals surface area contributed by atoms with Crippen LogP contribution in [0.15, 0.2) is 24.3 Å². The van der Waals surface area contributed by atoms with Crippen LogP contribution < -0.4 is 10.5 Å². The molecule has 2 N–H and O–H groups in total. The SMILES string of the molecule is Cc1nc(C2Cc3ccccc3O2)nc(C)c1CN. The van der Waals surface area contributed by atoms with Crippen LogP contribution in [0, 0.1) is 13.8 Å². The first-order chi connectivity index (χ1) is 9.19. The molecule has 1 aromatic carbocycles. The maximum atomic E-state index is 5.92. The van der Waals surface area contributed by atoms with E-state index in [0.717, 1.165) is 34.9 Å². The molecular formula is C15H17N3O. The Morgan fingerprint density at radius 3 is 2.53 bits per heavy atom. The lowest BCUT2D eigenvalue weighted by atomic mass is 10.1. The van der Waals surface area contributed by atoms with Crippen LogP contribution in [0.2, 0.25) is 0 Å². The van der Waals surface area contributed by atoms with Crippen molar-refractivity contribution < 1.29 is 4.74 Å². The van der Waals surface area contributed by atoms with Gasteiger partial charge in [0.1, 0.15) is 5.75 Å². The van der Waals surface area contributed by atoms with E-state index >= 15 is 0 Å². The molecule has 98 valence electrons. The fourth-order valence-corrected chi connectivity index (χ4v) is 2.53. The van der Waals surface area contributed by atoms with Crippen LogP contribution in [-0.2, 0) is 13.0 Å². The predicted octanol–water partition coefficient (Wildman–Crippen LogP) is 2.23. The summed E-state index contributed by atoms with van der Waals surface area (Å²) in [6, 6.07) is 8.09. The lowest BCUT2D eigenvalue weighted by Gasteiger charge is -2.13. The maximum Gasteiger partial charge on any atom is 0.170 e. The van der Waals surface area contributed by atoms with Crippen molar-refractivity contribution >= 4 is 0 Å². The first-order valence-electron chi connectivity index (χ1n) is 6.47. The van der Waals surface area contributed by atoms with Crippen molar-refractivity contribution in [1.29, 1.82) is 0 Å². The number of aromatic nitrogens is 2. The zero-order valence-electron chi connectivity index (χ0n) is 11.2. The highest BCUT2D eigenvalue weighted by Gasteiger charge is 2.27. The van der Waals surface area contributed by atoms with Gasteiger partial charge in [-0.1, -0.05) is 18.2 Å². The van der Waals surface area contributed by atoms with E-state index in [-0.39, 0.29) is 6.10 Å². The zero-order valence-corrected chi connectivity index (χ0v) is 11.2. The van der Waals surface area contributed by atoms with Crippen molar-refractivity contribution in [3.8, 4) is 5.75 Å². The molecule has 4 heteroatoms. The molecule has 0 aliphatic carbocycles. The molecule has 19 heavy (non-hydrogen) atoms. The van der Waals surface area contributed by atoms with E-state index in [0.29, 0.717) is 6.54 Å². The van der Waals surface area contributed by atoms with E-state index in [1.165, 1.54) is 5.56 Å². The van der Waals surface area contributed by atoms with Gasteiger partial charge in [-0.2, -0.15) is 0 Å². The Kier molecular flexibility index (Phi) is 2.95. The van der Waals surface area contributed by atoms with Crippen LogP contribution in [0.5, 0.6) is 5.75 Å². The number of hydrogen-bond donors (Lipinski definition) is 1. The summed E-state index contributed by atoms with van der Waals surface area (Å²) in [5, 5.41) is 0. The minimum atomic E-state index is -0.0818. The van der Waals surface area contributed by atoms with Gasteiger partial charge in [0, 0.05) is 29.9 Å². The summed E-state index contributed by atoms with van der Waals surface area (Å²) in [6.45, 7) is 4.43. The van der Waals surface area contributed by atoms with Gasteiger partial charge in [0.05, 0.1) is 0 Å². The lowest BCUT2D eigenvalue weighted by Crippen LogP contribution is -2.14. The number of hydrogen-bond acceptors (Lipinski definition) is 4. The zero-order chi connectivity index (χ0) is 13.4. The van der Waals surface area contributed by atoms with Crippen molar-refractivity contribution in [3.63, 3.8) is 0 Å². The summed E-state index contributed by atoms with van der Waals surface area (Å²) in [6.07, 6.45) is 0.749. The van der Waals surface area contributed by atoms with E-state index in [4.69, 9.17) is 10.5 Å². The second-order valence-electron chi connectivity index (χ2n) is 4.85. The van der Waals surface area contributed by atoms with Gasteiger partial charge in [-0.3, -0.25) is 0 Å². The molecule has 4 nitrogen and oxygen atoms in total. The lowest BCUT2D eigenvalue weighted by molar-refractivity contribution is 0.227. The number of nitrogens with two attached hydrogens (primary N) is 1. The van der Waals surface area contributed by atoms with Gasteiger partial charge in [-0.25, -0.2) is 9.97 Å². The number of aryl methyl sites for hydroxylation is 2. The van der Waals surface area contributed by atoms with Crippen molar-refractivity contribution in [2.24, 2.45) is 5.73 Å². The van der Waals surface area contributed by atoms with Crippen LogP contribution in [0.4, 0.5) is 0 Å². The van der Waals surface area contributed by atoms with E-state index < -0.39 is 0 Å². The molecule has 3 rings (SSSR count). The van der Waals surface area contributed by atoms with Crippen molar-refractivity contribution in [2.75, 3.05) is 0 Å². The Bertz CT molecular complexity index is 577. The highest BCUT2D eigenvalue weighted by molar-refractivity contribution is 5.38. The van der Waals surface area contributed by atoms with E-state index in [1.807, 2.05) is 32.0 Å². The number of fused-ring (bicyclic) bond motifs is 1. The summed E-state index contributed by atoms with van der Waals surface area (Å²) in [7, 11) is 0. The summed E-state index contributed by atoms with van der Waals surface area (Å²) >= 11 is 0. The molecule has 2 heterocycles. The highest BCUT2D eigenvalue weighted by atomic mass is 16.5. The smallest absolute Gasteiger partial charge is 0.170 e. The largest absolute Gasteiger partial charge is 0.482 e. The summed E-state index contributed by atoms with van der Waals surface area (Å²) in [4.78, 5) is 9.11. The Morgan fingerprint density at radius 1 is 1.21 bits per heavy atom. The molecule has 1 aliphatic heterocycles. The number of nitrogens with zero attached hydrogens (tertiary/aromatic N) is 2. The molecule has 0 saturated heterocycles. The Balaban J connectivity index is 1.94. The van der Waals surface area contributed by atoms with Crippen molar-refractivity contribution in [3.05, 3.63) is 52.6 Å². The summed E-state index contributed by atoms with van der Waals surface area (Å²) in [5.74, 6) is 1.69. The first kappa shape index (κ1) is 12.1. The fourth-order valence-electron chi connectivity index (χ4n) is 2.53. The van der Waals surface area contributed by atoms with E-state index in [9.17, 15) is 0 Å². The summed E-state index contributed by atoms with van der Waals surface area (Å²) in [5.41, 5.74) is 9.85. The van der Waals surface area contributed by atoms with Gasteiger partial charge < -0.3 is 10.5 Å². The Morgan fingerprint density at radius 2 is 1.89 bits per heavy atom. The van der Waals surface area contributed by atoms with Crippen LogP contribution in [-0.4, -0.2) is 9.97 Å².